The van der Waals surface area contributed by atoms with Crippen molar-refractivity contribution in [2.75, 3.05) is 7.11 Å². The highest BCUT2D eigenvalue weighted by Crippen LogP contribution is 2.49. The third-order valence-corrected chi connectivity index (χ3v) is 8.67. The molecule has 2 aromatic carbocycles. The smallest absolute Gasteiger partial charge is 0.326 e. The lowest BCUT2D eigenvalue weighted by Gasteiger charge is -2.35. The van der Waals surface area contributed by atoms with Crippen molar-refractivity contribution in [1.29, 1.82) is 0 Å². The first-order valence-corrected chi connectivity index (χ1v) is 14.9. The quantitative estimate of drug-likeness (QED) is 0.375. The molecule has 228 valence electrons. The van der Waals surface area contributed by atoms with Crippen molar-refractivity contribution in [3.63, 3.8) is 0 Å². The molecule has 5 atom stereocenters. The molecular weight excluding hydrogens is 542 g/mol. The Labute approximate surface area is 254 Å². The number of pyridine rings is 1. The summed E-state index contributed by atoms with van der Waals surface area (Å²) in [6, 6.07) is 19.3. The number of fused-ring (bicyclic) bond motifs is 1. The van der Waals surface area contributed by atoms with Crippen LogP contribution in [0, 0.1) is 11.3 Å². The Morgan fingerprint density at radius 1 is 1.00 bits per heavy atom. The Morgan fingerprint density at radius 3 is 2.28 bits per heavy atom. The minimum absolute atomic E-state index is 0.141. The van der Waals surface area contributed by atoms with Crippen LogP contribution in [0.3, 0.4) is 0 Å². The zero-order valence-corrected chi connectivity index (χ0v) is 26.1. The van der Waals surface area contributed by atoms with Gasteiger partial charge in [-0.25, -0.2) is 9.78 Å². The van der Waals surface area contributed by atoms with Gasteiger partial charge in [0.1, 0.15) is 11.8 Å². The van der Waals surface area contributed by atoms with E-state index < -0.39 is 35.5 Å². The number of rotatable bonds is 7. The van der Waals surface area contributed by atoms with E-state index in [-0.39, 0.29) is 17.4 Å². The number of carbonyl (C=O) groups excluding carboxylic acids is 1. The molecule has 0 aliphatic carbocycles. The van der Waals surface area contributed by atoms with E-state index in [1.54, 1.807) is 12.0 Å². The van der Waals surface area contributed by atoms with Crippen molar-refractivity contribution < 1.29 is 24.2 Å². The molecule has 1 fully saturated rings. The summed E-state index contributed by atoms with van der Waals surface area (Å²) in [6.07, 6.45) is -0.389. The maximum atomic E-state index is 14.4. The van der Waals surface area contributed by atoms with Gasteiger partial charge in [0.15, 0.2) is 6.10 Å². The minimum atomic E-state index is -1.06. The van der Waals surface area contributed by atoms with E-state index in [0.717, 1.165) is 22.4 Å². The van der Waals surface area contributed by atoms with Crippen molar-refractivity contribution in [3.8, 4) is 11.6 Å². The number of hydrogen-bond donors (Lipinski definition) is 2. The van der Waals surface area contributed by atoms with Crippen molar-refractivity contribution in [3.05, 3.63) is 89.1 Å². The summed E-state index contributed by atoms with van der Waals surface area (Å²) in [7, 11) is 1.61. The second-order valence-corrected chi connectivity index (χ2v) is 13.7. The van der Waals surface area contributed by atoms with Gasteiger partial charge in [-0.15, -0.1) is 0 Å². The summed E-state index contributed by atoms with van der Waals surface area (Å²) in [4.78, 5) is 33.9. The number of likely N-dealkylation sites (tertiary alicyclic amines) is 1. The van der Waals surface area contributed by atoms with Gasteiger partial charge >= 0.3 is 5.97 Å². The zero-order chi connectivity index (χ0) is 31.1. The SMILES string of the molecule is COc1nc(C(C)(C)C)ccc1CN[C@H]1[C@H](C(C)(C)C)[C@@H](C(=O)O)N(C(=O)[C@@H]2Cc3ccccc3O2)[C@H]1c1ccccc1. The van der Waals surface area contributed by atoms with E-state index in [2.05, 4.69) is 26.1 Å². The Morgan fingerprint density at radius 2 is 1.67 bits per heavy atom. The van der Waals surface area contributed by atoms with Gasteiger partial charge in [0.05, 0.1) is 13.2 Å². The van der Waals surface area contributed by atoms with Crippen molar-refractivity contribution >= 4 is 11.9 Å². The average Bonchev–Trinajstić information content (AvgIpc) is 3.55. The molecule has 5 rings (SSSR count). The fourth-order valence-corrected chi connectivity index (χ4v) is 6.64. The first-order chi connectivity index (χ1) is 20.3. The molecule has 1 aromatic heterocycles. The molecule has 2 N–H and O–H groups in total. The first kappa shape index (κ1) is 30.5. The highest BCUT2D eigenvalue weighted by molar-refractivity contribution is 5.89. The molecule has 2 aliphatic heterocycles. The van der Waals surface area contributed by atoms with Crippen molar-refractivity contribution in [2.24, 2.45) is 11.3 Å². The standard InChI is InChI=1S/C35H43N3O5/c1-34(2,3)26-18-17-23(31(37-26)42-7)20-36-28-27(35(4,5)6)30(33(40)41)38(29(28)21-13-9-8-10-14-21)32(39)25-19-22-15-11-12-16-24(22)43-25/h8-18,25,27-30,36H,19-20H2,1-7H3,(H,40,41)/t25-,27-,28-,29-,30-/m0/s1. The van der Waals surface area contributed by atoms with Crippen LogP contribution in [0.1, 0.15) is 70.0 Å². The van der Waals surface area contributed by atoms with E-state index in [1.165, 1.54) is 0 Å². The Bertz CT molecular complexity index is 1450. The predicted octanol–water partition coefficient (Wildman–Crippen LogP) is 5.55. The van der Waals surface area contributed by atoms with Crippen LogP contribution in [-0.4, -0.2) is 52.2 Å². The number of nitrogens with one attached hydrogen (secondary N) is 1. The lowest BCUT2D eigenvalue weighted by atomic mass is 9.72. The number of carboxylic acids is 1. The maximum absolute atomic E-state index is 14.4. The van der Waals surface area contributed by atoms with Crippen LogP contribution >= 0.6 is 0 Å². The third kappa shape index (κ3) is 5.98. The molecule has 0 radical (unpaired) electrons. The number of amides is 1. The summed E-state index contributed by atoms with van der Waals surface area (Å²) in [5.74, 6) is -0.562. The van der Waals surface area contributed by atoms with Gasteiger partial charge in [0.25, 0.3) is 5.91 Å². The monoisotopic (exact) mass is 585 g/mol. The van der Waals surface area contributed by atoms with Crippen LogP contribution in [0.2, 0.25) is 0 Å². The lowest BCUT2D eigenvalue weighted by Crippen LogP contribution is -2.51. The summed E-state index contributed by atoms with van der Waals surface area (Å²) in [5.41, 5.74) is 3.00. The average molecular weight is 586 g/mol. The molecule has 3 heterocycles. The molecule has 0 spiro atoms. The van der Waals surface area contributed by atoms with Gasteiger partial charge < -0.3 is 24.8 Å². The van der Waals surface area contributed by atoms with Gasteiger partial charge in [-0.2, -0.15) is 0 Å². The second kappa shape index (κ2) is 11.6. The fourth-order valence-electron chi connectivity index (χ4n) is 6.64. The number of aliphatic carboxylic acids is 1. The van der Waals surface area contributed by atoms with Gasteiger partial charge in [-0.1, -0.05) is 96.1 Å². The molecule has 8 nitrogen and oxygen atoms in total. The molecular formula is C35H43N3O5. The van der Waals surface area contributed by atoms with Crippen LogP contribution < -0.4 is 14.8 Å². The number of aromatic nitrogens is 1. The molecule has 8 heteroatoms. The van der Waals surface area contributed by atoms with E-state index >= 15 is 0 Å². The molecule has 0 unspecified atom stereocenters. The molecule has 3 aromatic rings. The number of hydrogen-bond acceptors (Lipinski definition) is 6. The first-order valence-electron chi connectivity index (χ1n) is 14.9. The van der Waals surface area contributed by atoms with E-state index in [1.807, 2.05) is 87.5 Å². The topological polar surface area (TPSA) is 101 Å². The molecule has 1 saturated heterocycles. The number of nitrogens with zero attached hydrogens (tertiary/aromatic N) is 2. The Balaban J connectivity index is 1.56. The molecule has 43 heavy (non-hydrogen) atoms. The number of carboxylic acid groups (broad SMARTS) is 1. The van der Waals surface area contributed by atoms with Crippen molar-refractivity contribution in [1.82, 2.24) is 15.2 Å². The second-order valence-electron chi connectivity index (χ2n) is 13.7. The Kier molecular flexibility index (Phi) is 8.27. The summed E-state index contributed by atoms with van der Waals surface area (Å²) in [6.45, 7) is 12.8. The van der Waals surface area contributed by atoms with Gasteiger partial charge in [-0.3, -0.25) is 4.79 Å². The molecule has 0 bridgehead atoms. The normalized spacial score (nSPS) is 23.5. The van der Waals surface area contributed by atoms with E-state index in [0.29, 0.717) is 24.6 Å². The number of methoxy groups -OCH3 is 1. The van der Waals surface area contributed by atoms with E-state index in [4.69, 9.17) is 14.5 Å². The summed E-state index contributed by atoms with van der Waals surface area (Å²) >= 11 is 0. The minimum Gasteiger partial charge on any atom is -0.481 e. The zero-order valence-electron chi connectivity index (χ0n) is 26.1. The number of carbonyl (C=O) groups is 2. The van der Waals surface area contributed by atoms with Crippen molar-refractivity contribution in [2.45, 2.75) is 84.2 Å². The number of ether oxygens (including phenoxy) is 2. The van der Waals surface area contributed by atoms with Crippen LogP contribution in [0.25, 0.3) is 0 Å². The van der Waals surface area contributed by atoms with Gasteiger partial charge in [0, 0.05) is 41.6 Å². The number of benzene rings is 2. The van der Waals surface area contributed by atoms with Crippen LogP contribution in [0.15, 0.2) is 66.7 Å². The maximum Gasteiger partial charge on any atom is 0.326 e. The summed E-state index contributed by atoms with van der Waals surface area (Å²) < 4.78 is 11.8. The molecule has 0 saturated carbocycles. The highest BCUT2D eigenvalue weighted by Gasteiger charge is 2.59. The van der Waals surface area contributed by atoms with Crippen LogP contribution in [0.4, 0.5) is 0 Å². The highest BCUT2D eigenvalue weighted by atomic mass is 16.5. The predicted molar refractivity (Wildman–Crippen MR) is 165 cm³/mol. The van der Waals surface area contributed by atoms with Gasteiger partial charge in [0.2, 0.25) is 5.88 Å². The lowest BCUT2D eigenvalue weighted by molar-refractivity contribution is -0.155. The molecule has 2 aliphatic rings. The fraction of sp³-hybridized carbons (Fsp3) is 0.457. The Hall–Kier alpha value is -3.91. The van der Waals surface area contributed by atoms with Crippen LogP contribution in [0.5, 0.6) is 11.6 Å². The number of para-hydroxylation sites is 1. The largest absolute Gasteiger partial charge is 0.481 e. The third-order valence-electron chi connectivity index (χ3n) is 8.67. The van der Waals surface area contributed by atoms with Crippen LogP contribution in [-0.2, 0) is 28.0 Å². The van der Waals surface area contributed by atoms with Gasteiger partial charge in [-0.05, 0) is 28.7 Å². The molecule has 1 amide bonds. The summed E-state index contributed by atoms with van der Waals surface area (Å²) in [5, 5.41) is 14.4. The van der Waals surface area contributed by atoms with E-state index in [9.17, 15) is 14.7 Å².